The van der Waals surface area contributed by atoms with Gasteiger partial charge >= 0.3 is 0 Å². The number of hydrogen-bond acceptors (Lipinski definition) is 6. The number of pyridine rings is 1. The van der Waals surface area contributed by atoms with E-state index in [0.29, 0.717) is 40.6 Å². The number of carbonyl (C=O) groups excluding carboxylic acids is 2. The molecule has 0 bridgehead atoms. The first-order valence-corrected chi connectivity index (χ1v) is 11.7. The summed E-state index contributed by atoms with van der Waals surface area (Å²) in [5.41, 5.74) is 2.68. The van der Waals surface area contributed by atoms with Gasteiger partial charge in [0.1, 0.15) is 12.0 Å². The Kier molecular flexibility index (Phi) is 5.20. The Morgan fingerprint density at radius 1 is 1.32 bits per heavy atom. The van der Waals surface area contributed by atoms with Gasteiger partial charge in [0.15, 0.2) is 0 Å². The number of ketones is 1. The summed E-state index contributed by atoms with van der Waals surface area (Å²) in [6, 6.07) is 8.43. The molecule has 10 heteroatoms. The summed E-state index contributed by atoms with van der Waals surface area (Å²) < 4.78 is 38.5. The van der Waals surface area contributed by atoms with E-state index in [0.717, 1.165) is 10.6 Å². The molecule has 1 saturated carbocycles. The van der Waals surface area contributed by atoms with Gasteiger partial charge in [0, 0.05) is 20.5 Å². The van der Waals surface area contributed by atoms with E-state index in [-0.39, 0.29) is 24.5 Å². The monoisotopic (exact) mass is 446 g/mol. The molecule has 1 aromatic heterocycles. The lowest BCUT2D eigenvalue weighted by molar-refractivity contribution is -0.120. The van der Waals surface area contributed by atoms with Crippen LogP contribution in [0, 0.1) is 5.92 Å². The molecule has 0 unspecified atom stereocenters. The average molecular weight is 447 g/mol. The van der Waals surface area contributed by atoms with Crippen LogP contribution in [0.5, 0.6) is 0 Å². The second-order valence-electron chi connectivity index (χ2n) is 8.02. The number of benzene rings is 1. The highest BCUT2D eigenvalue weighted by Gasteiger charge is 2.43. The van der Waals surface area contributed by atoms with Gasteiger partial charge in [-0.15, -0.1) is 0 Å². The van der Waals surface area contributed by atoms with Crippen molar-refractivity contribution in [3.63, 3.8) is 0 Å². The van der Waals surface area contributed by atoms with Crippen LogP contribution in [-0.4, -0.2) is 56.5 Å². The molecule has 1 fully saturated rings. The number of anilines is 3. The largest absolute Gasteiger partial charge is 0.353 e. The third kappa shape index (κ3) is 4.12. The lowest BCUT2D eigenvalue weighted by Gasteiger charge is -2.21. The van der Waals surface area contributed by atoms with Crippen LogP contribution in [0.1, 0.15) is 28.2 Å². The van der Waals surface area contributed by atoms with Crippen LogP contribution in [0.15, 0.2) is 30.3 Å². The van der Waals surface area contributed by atoms with Gasteiger partial charge in [0.25, 0.3) is 5.91 Å². The standard InChI is InChI=1S/C21H23FN4O4S/c1-25-11-17-20(21(25)28)16(8-12(23-17)9-19(27)13-10-14(13)22)24-15-6-4-5-7-18(15)26(2)31(3,29)30/h4-8,13-14H,9-11H2,1-3H3,(H,23,24)/t13-,14+/m1/s1. The maximum atomic E-state index is 13.3. The Bertz CT molecular complexity index is 1180. The van der Waals surface area contributed by atoms with Crippen molar-refractivity contribution >= 4 is 38.8 Å². The van der Waals surface area contributed by atoms with Gasteiger partial charge in [-0.25, -0.2) is 12.8 Å². The third-order valence-corrected chi connectivity index (χ3v) is 6.78. The van der Waals surface area contributed by atoms with E-state index >= 15 is 0 Å². The highest BCUT2D eigenvalue weighted by Crippen LogP contribution is 2.37. The molecule has 2 heterocycles. The van der Waals surface area contributed by atoms with Crippen molar-refractivity contribution in [2.45, 2.75) is 25.6 Å². The van der Waals surface area contributed by atoms with Gasteiger partial charge in [-0.2, -0.15) is 0 Å². The van der Waals surface area contributed by atoms with Crippen molar-refractivity contribution in [3.05, 3.63) is 47.3 Å². The molecule has 0 saturated heterocycles. The van der Waals surface area contributed by atoms with Gasteiger partial charge in [-0.1, -0.05) is 12.1 Å². The Morgan fingerprint density at radius 2 is 2.00 bits per heavy atom. The van der Waals surface area contributed by atoms with Crippen molar-refractivity contribution in [2.24, 2.45) is 5.92 Å². The lowest BCUT2D eigenvalue weighted by atomic mass is 10.1. The maximum Gasteiger partial charge on any atom is 0.257 e. The highest BCUT2D eigenvalue weighted by molar-refractivity contribution is 7.92. The minimum atomic E-state index is -3.51. The van der Waals surface area contributed by atoms with E-state index in [2.05, 4.69) is 10.3 Å². The predicted octanol–water partition coefficient (Wildman–Crippen LogP) is 2.28. The molecule has 1 aromatic carbocycles. The number of aromatic nitrogens is 1. The third-order valence-electron chi connectivity index (χ3n) is 5.59. The Balaban J connectivity index is 1.73. The molecule has 1 amide bonds. The van der Waals surface area contributed by atoms with Crippen LogP contribution < -0.4 is 9.62 Å². The van der Waals surface area contributed by atoms with E-state index in [9.17, 15) is 22.4 Å². The van der Waals surface area contributed by atoms with Gasteiger partial charge in [0.05, 0.1) is 52.7 Å². The topological polar surface area (TPSA) is 99.7 Å². The number of fused-ring (bicyclic) bond motifs is 1. The number of amides is 1. The molecule has 2 aromatic rings. The zero-order chi connectivity index (χ0) is 22.5. The first-order valence-electron chi connectivity index (χ1n) is 9.81. The normalized spacial score (nSPS) is 19.9. The van der Waals surface area contributed by atoms with Gasteiger partial charge in [-0.05, 0) is 24.6 Å². The number of alkyl halides is 1. The summed E-state index contributed by atoms with van der Waals surface area (Å²) in [4.78, 5) is 31.0. The molecular formula is C21H23FN4O4S. The number of rotatable bonds is 7. The maximum absolute atomic E-state index is 13.3. The number of halogens is 1. The van der Waals surface area contributed by atoms with Crippen LogP contribution in [0.4, 0.5) is 21.5 Å². The summed E-state index contributed by atoms with van der Waals surface area (Å²) in [7, 11) is -0.410. The highest BCUT2D eigenvalue weighted by atomic mass is 32.2. The van der Waals surface area contributed by atoms with Crippen LogP contribution >= 0.6 is 0 Å². The van der Waals surface area contributed by atoms with Crippen molar-refractivity contribution < 1.29 is 22.4 Å². The Hall–Kier alpha value is -3.01. The lowest BCUT2D eigenvalue weighted by Crippen LogP contribution is -2.25. The molecule has 31 heavy (non-hydrogen) atoms. The number of hydrogen-bond donors (Lipinski definition) is 1. The van der Waals surface area contributed by atoms with Crippen molar-refractivity contribution in [1.29, 1.82) is 0 Å². The first-order chi connectivity index (χ1) is 14.6. The van der Waals surface area contributed by atoms with Crippen molar-refractivity contribution in [1.82, 2.24) is 9.88 Å². The van der Waals surface area contributed by atoms with Crippen LogP contribution in [0.2, 0.25) is 0 Å². The smallest absolute Gasteiger partial charge is 0.257 e. The van der Waals surface area contributed by atoms with Crippen LogP contribution in [0.3, 0.4) is 0 Å². The summed E-state index contributed by atoms with van der Waals surface area (Å²) in [5.74, 6) is -0.997. The summed E-state index contributed by atoms with van der Waals surface area (Å²) in [6.07, 6.45) is 0.258. The molecule has 2 atom stereocenters. The molecule has 1 N–H and O–H groups in total. The van der Waals surface area contributed by atoms with Crippen molar-refractivity contribution in [2.75, 3.05) is 30.0 Å². The molecule has 1 aliphatic carbocycles. The molecule has 8 nitrogen and oxygen atoms in total. The Labute approximate surface area is 180 Å². The second kappa shape index (κ2) is 7.60. The van der Waals surface area contributed by atoms with Crippen LogP contribution in [-0.2, 0) is 27.8 Å². The predicted molar refractivity (Wildman–Crippen MR) is 115 cm³/mol. The number of nitrogens with one attached hydrogen (secondary N) is 1. The van der Waals surface area contributed by atoms with E-state index < -0.39 is 22.1 Å². The first kappa shape index (κ1) is 21.2. The molecule has 2 aliphatic rings. The summed E-state index contributed by atoms with van der Waals surface area (Å²) in [5, 5.41) is 3.17. The van der Waals surface area contributed by atoms with Gasteiger partial charge in [0.2, 0.25) is 10.0 Å². The minimum absolute atomic E-state index is 0.0180. The molecule has 1 aliphatic heterocycles. The molecule has 4 rings (SSSR count). The fourth-order valence-corrected chi connectivity index (χ4v) is 4.19. The number of sulfonamides is 1. The zero-order valence-electron chi connectivity index (χ0n) is 17.4. The summed E-state index contributed by atoms with van der Waals surface area (Å²) >= 11 is 0. The molecule has 164 valence electrons. The van der Waals surface area contributed by atoms with Crippen molar-refractivity contribution in [3.8, 4) is 0 Å². The van der Waals surface area contributed by atoms with E-state index in [1.54, 1.807) is 37.4 Å². The second-order valence-corrected chi connectivity index (χ2v) is 10.0. The molecule has 0 spiro atoms. The van der Waals surface area contributed by atoms with E-state index in [4.69, 9.17) is 0 Å². The van der Waals surface area contributed by atoms with E-state index in [1.165, 1.54) is 11.9 Å². The van der Waals surface area contributed by atoms with E-state index in [1.807, 2.05) is 0 Å². The zero-order valence-corrected chi connectivity index (χ0v) is 18.2. The summed E-state index contributed by atoms with van der Waals surface area (Å²) in [6.45, 7) is 0.297. The molecule has 0 radical (unpaired) electrons. The SMILES string of the molecule is CN1Cc2nc(CC(=O)[C@@H]3C[C@@H]3F)cc(Nc3ccccc3N(C)S(C)(=O)=O)c2C1=O. The molecular weight excluding hydrogens is 423 g/mol. The number of carbonyl (C=O) groups is 2. The fourth-order valence-electron chi connectivity index (χ4n) is 3.67. The Morgan fingerprint density at radius 3 is 2.65 bits per heavy atom. The van der Waals surface area contributed by atoms with Gasteiger partial charge < -0.3 is 10.2 Å². The average Bonchev–Trinajstić information content (AvgIpc) is 3.36. The number of nitrogens with zero attached hydrogens (tertiary/aromatic N) is 3. The number of Topliss-reactive ketones (excluding diaryl/α,β-unsaturated/α-hetero) is 1. The fraction of sp³-hybridized carbons (Fsp3) is 0.381. The number of para-hydroxylation sites is 2. The quantitative estimate of drug-likeness (QED) is 0.701. The minimum Gasteiger partial charge on any atom is -0.353 e. The van der Waals surface area contributed by atoms with Crippen LogP contribution in [0.25, 0.3) is 0 Å². The van der Waals surface area contributed by atoms with Gasteiger partial charge in [-0.3, -0.25) is 18.9 Å².